The second-order valence-corrected chi connectivity index (χ2v) is 5.70. The molecule has 0 radical (unpaired) electrons. The molecule has 0 saturated heterocycles. The first-order valence-corrected chi connectivity index (χ1v) is 6.66. The van der Waals surface area contributed by atoms with Crippen molar-refractivity contribution in [3.8, 4) is 0 Å². The van der Waals surface area contributed by atoms with Gasteiger partial charge in [-0.3, -0.25) is 0 Å². The quantitative estimate of drug-likeness (QED) is 0.721. The summed E-state index contributed by atoms with van der Waals surface area (Å²) in [5, 5.41) is 14.3. The minimum Gasteiger partial charge on any atom is -0.480 e. The molecule has 104 valence electrons. The van der Waals surface area contributed by atoms with E-state index >= 15 is 0 Å². The largest absolute Gasteiger partial charge is 0.480 e. The molecule has 1 saturated carbocycles. The van der Waals surface area contributed by atoms with E-state index in [0.29, 0.717) is 6.42 Å². The number of nitrogens with one attached hydrogen (secondary N) is 2. The Morgan fingerprint density at radius 1 is 1.39 bits per heavy atom. The van der Waals surface area contributed by atoms with E-state index < -0.39 is 12.0 Å². The number of hydrogen-bond donors (Lipinski definition) is 3. The lowest BCUT2D eigenvalue weighted by Gasteiger charge is -2.39. The van der Waals surface area contributed by atoms with E-state index in [9.17, 15) is 9.59 Å². The Hall–Kier alpha value is -1.26. The standard InChI is InChI=1S/C13H24N2O3/c1-4-9(11(16)17)14-12(18)15-10-7-5-6-8-13(10,2)3/h9-10H,4-8H2,1-3H3,(H,16,17)(H2,14,15,18). The van der Waals surface area contributed by atoms with E-state index in [1.54, 1.807) is 6.92 Å². The van der Waals surface area contributed by atoms with Crippen molar-refractivity contribution in [1.29, 1.82) is 0 Å². The number of urea groups is 1. The molecule has 0 aliphatic heterocycles. The third kappa shape index (κ3) is 3.89. The number of carboxylic acids is 1. The van der Waals surface area contributed by atoms with Crippen LogP contribution in [0.4, 0.5) is 4.79 Å². The van der Waals surface area contributed by atoms with Gasteiger partial charge in [0.1, 0.15) is 6.04 Å². The summed E-state index contributed by atoms with van der Waals surface area (Å²) in [6.45, 7) is 6.03. The number of rotatable bonds is 4. The van der Waals surface area contributed by atoms with Crippen molar-refractivity contribution in [2.45, 2.75) is 65.0 Å². The summed E-state index contributed by atoms with van der Waals surface area (Å²) < 4.78 is 0. The van der Waals surface area contributed by atoms with Crippen molar-refractivity contribution < 1.29 is 14.7 Å². The van der Waals surface area contributed by atoms with Gasteiger partial charge in [-0.15, -0.1) is 0 Å². The molecule has 2 atom stereocenters. The number of amides is 2. The van der Waals surface area contributed by atoms with Gasteiger partial charge in [0.2, 0.25) is 0 Å². The topological polar surface area (TPSA) is 78.4 Å². The van der Waals surface area contributed by atoms with Crippen LogP contribution in [0.15, 0.2) is 0 Å². The summed E-state index contributed by atoms with van der Waals surface area (Å²) in [5.74, 6) is -0.990. The highest BCUT2D eigenvalue weighted by Crippen LogP contribution is 2.35. The van der Waals surface area contributed by atoms with Crippen molar-refractivity contribution >= 4 is 12.0 Å². The maximum absolute atomic E-state index is 11.8. The molecule has 0 spiro atoms. The molecular weight excluding hydrogens is 232 g/mol. The second-order valence-electron chi connectivity index (χ2n) is 5.70. The van der Waals surface area contributed by atoms with E-state index in [1.165, 1.54) is 6.42 Å². The van der Waals surface area contributed by atoms with Crippen molar-refractivity contribution in [1.82, 2.24) is 10.6 Å². The third-order valence-corrected chi connectivity index (χ3v) is 3.82. The molecule has 0 aromatic rings. The summed E-state index contributed by atoms with van der Waals surface area (Å²) in [6.07, 6.45) is 4.75. The Labute approximate surface area is 108 Å². The number of carbonyl (C=O) groups is 2. The van der Waals surface area contributed by atoms with Crippen molar-refractivity contribution in [3.63, 3.8) is 0 Å². The minimum absolute atomic E-state index is 0.0839. The van der Waals surface area contributed by atoms with Gasteiger partial charge in [0, 0.05) is 6.04 Å². The van der Waals surface area contributed by atoms with E-state index in [-0.39, 0.29) is 17.5 Å². The fourth-order valence-corrected chi connectivity index (χ4v) is 2.46. The summed E-state index contributed by atoms with van der Waals surface area (Å²) in [5.41, 5.74) is 0.0839. The van der Waals surface area contributed by atoms with Crippen LogP contribution >= 0.6 is 0 Å². The van der Waals surface area contributed by atoms with Gasteiger partial charge >= 0.3 is 12.0 Å². The average molecular weight is 256 g/mol. The maximum atomic E-state index is 11.8. The Kier molecular flexibility index (Phi) is 4.99. The number of carbonyl (C=O) groups excluding carboxylic acids is 1. The van der Waals surface area contributed by atoms with Crippen molar-refractivity contribution in [2.24, 2.45) is 5.41 Å². The Balaban J connectivity index is 2.51. The number of carboxylic acid groups (broad SMARTS) is 1. The highest BCUT2D eigenvalue weighted by molar-refractivity contribution is 5.82. The fourth-order valence-electron chi connectivity index (χ4n) is 2.46. The van der Waals surface area contributed by atoms with Crippen molar-refractivity contribution in [2.75, 3.05) is 0 Å². The molecule has 3 N–H and O–H groups in total. The first-order valence-electron chi connectivity index (χ1n) is 6.66. The highest BCUT2D eigenvalue weighted by Gasteiger charge is 2.33. The van der Waals surface area contributed by atoms with Crippen LogP contribution < -0.4 is 10.6 Å². The molecule has 5 nitrogen and oxygen atoms in total. The van der Waals surface area contributed by atoms with E-state index in [2.05, 4.69) is 24.5 Å². The van der Waals surface area contributed by atoms with E-state index in [4.69, 9.17) is 5.11 Å². The number of aliphatic carboxylic acids is 1. The molecule has 0 aromatic heterocycles. The average Bonchev–Trinajstić information content (AvgIpc) is 2.28. The van der Waals surface area contributed by atoms with Crippen molar-refractivity contribution in [3.05, 3.63) is 0 Å². The molecular formula is C13H24N2O3. The van der Waals surface area contributed by atoms with Gasteiger partial charge in [0.15, 0.2) is 0 Å². The van der Waals surface area contributed by atoms with Crippen LogP contribution in [-0.2, 0) is 4.79 Å². The van der Waals surface area contributed by atoms with Gasteiger partial charge in [0.05, 0.1) is 0 Å². The molecule has 2 unspecified atom stereocenters. The lowest BCUT2D eigenvalue weighted by Crippen LogP contribution is -2.53. The fraction of sp³-hybridized carbons (Fsp3) is 0.846. The molecule has 18 heavy (non-hydrogen) atoms. The van der Waals surface area contributed by atoms with E-state index in [0.717, 1.165) is 19.3 Å². The molecule has 5 heteroatoms. The van der Waals surface area contributed by atoms with Gasteiger partial charge < -0.3 is 15.7 Å². The highest BCUT2D eigenvalue weighted by atomic mass is 16.4. The van der Waals surface area contributed by atoms with Crippen LogP contribution in [0.3, 0.4) is 0 Å². The smallest absolute Gasteiger partial charge is 0.326 e. The first kappa shape index (κ1) is 14.8. The first-order chi connectivity index (χ1) is 8.36. The monoisotopic (exact) mass is 256 g/mol. The minimum atomic E-state index is -0.990. The lowest BCUT2D eigenvalue weighted by atomic mass is 9.73. The zero-order valence-electron chi connectivity index (χ0n) is 11.5. The second kappa shape index (κ2) is 6.07. The predicted octanol–water partition coefficient (Wildman–Crippen LogP) is 2.12. The summed E-state index contributed by atoms with van der Waals surface area (Å²) in [7, 11) is 0. The molecule has 1 aliphatic rings. The summed E-state index contributed by atoms with van der Waals surface area (Å²) in [6, 6.07) is -1.06. The van der Waals surface area contributed by atoms with Crippen LogP contribution in [0.25, 0.3) is 0 Å². The zero-order valence-corrected chi connectivity index (χ0v) is 11.5. The van der Waals surface area contributed by atoms with Crippen LogP contribution in [0, 0.1) is 5.41 Å². The molecule has 1 rings (SSSR count). The summed E-state index contributed by atoms with van der Waals surface area (Å²) in [4.78, 5) is 22.6. The SMILES string of the molecule is CCC(NC(=O)NC1CCCCC1(C)C)C(=O)O. The normalized spacial score (nSPS) is 24.1. The van der Waals surface area contributed by atoms with Crippen LogP contribution in [0.5, 0.6) is 0 Å². The van der Waals surface area contributed by atoms with Gasteiger partial charge in [0.25, 0.3) is 0 Å². The molecule has 0 bridgehead atoms. The maximum Gasteiger partial charge on any atom is 0.326 e. The zero-order chi connectivity index (χ0) is 13.8. The van der Waals surface area contributed by atoms with Crippen LogP contribution in [0.1, 0.15) is 52.9 Å². The number of hydrogen-bond acceptors (Lipinski definition) is 2. The van der Waals surface area contributed by atoms with Gasteiger partial charge in [-0.25, -0.2) is 9.59 Å². The molecule has 0 heterocycles. The van der Waals surface area contributed by atoms with Crippen LogP contribution in [-0.4, -0.2) is 29.2 Å². The predicted molar refractivity (Wildman–Crippen MR) is 69.4 cm³/mol. The molecule has 1 fully saturated rings. The molecule has 0 aromatic carbocycles. The third-order valence-electron chi connectivity index (χ3n) is 3.82. The van der Waals surface area contributed by atoms with Gasteiger partial charge in [-0.2, -0.15) is 0 Å². The molecule has 1 aliphatic carbocycles. The Bertz CT molecular complexity index is 315. The lowest BCUT2D eigenvalue weighted by molar-refractivity contribution is -0.139. The Morgan fingerprint density at radius 2 is 2.06 bits per heavy atom. The van der Waals surface area contributed by atoms with E-state index in [1.807, 2.05) is 0 Å². The van der Waals surface area contributed by atoms with Gasteiger partial charge in [-0.05, 0) is 24.7 Å². The summed E-state index contributed by atoms with van der Waals surface area (Å²) >= 11 is 0. The molecule has 2 amide bonds. The van der Waals surface area contributed by atoms with Crippen LogP contribution in [0.2, 0.25) is 0 Å². The van der Waals surface area contributed by atoms with Gasteiger partial charge in [-0.1, -0.05) is 33.6 Å². The Morgan fingerprint density at radius 3 is 2.56 bits per heavy atom.